The summed E-state index contributed by atoms with van der Waals surface area (Å²) in [5.41, 5.74) is 1.58. The summed E-state index contributed by atoms with van der Waals surface area (Å²) in [6.07, 6.45) is 1.35. The van der Waals surface area contributed by atoms with Crippen LogP contribution in [0, 0.1) is 12.8 Å². The topological polar surface area (TPSA) is 86.8 Å². The number of carbonyl (C=O) groups excluding carboxylic acids is 2. The predicted octanol–water partition coefficient (Wildman–Crippen LogP) is 5.30. The maximum Gasteiger partial charge on any atom is 0.244 e. The Morgan fingerprint density at radius 1 is 1.03 bits per heavy atom. The Morgan fingerprint density at radius 3 is 2.25 bits per heavy atom. The number of anilines is 1. The maximum atomic E-state index is 13.7. The molecule has 0 aliphatic rings. The highest BCUT2D eigenvalue weighted by Gasteiger charge is 2.32. The summed E-state index contributed by atoms with van der Waals surface area (Å²) in [6.45, 7) is 7.45. The number of carbonyl (C=O) groups is 2. The lowest BCUT2D eigenvalue weighted by molar-refractivity contribution is -0.140. The molecular weight excluding hydrogens is 545 g/mol. The summed E-state index contributed by atoms with van der Waals surface area (Å²) in [6, 6.07) is 8.95. The van der Waals surface area contributed by atoms with Crippen LogP contribution in [-0.2, 0) is 26.2 Å². The number of nitrogens with one attached hydrogen (secondary N) is 1. The molecule has 0 fully saturated rings. The molecule has 0 unspecified atom stereocenters. The van der Waals surface area contributed by atoms with Crippen molar-refractivity contribution in [3.05, 3.63) is 62.6 Å². The first kappa shape index (κ1) is 30.2. The van der Waals surface area contributed by atoms with Gasteiger partial charge in [0.15, 0.2) is 0 Å². The monoisotopic (exact) mass is 575 g/mol. The lowest BCUT2D eigenvalue weighted by atomic mass is 10.1. The summed E-state index contributed by atoms with van der Waals surface area (Å²) < 4.78 is 26.5. The van der Waals surface area contributed by atoms with Gasteiger partial charge in [0, 0.05) is 18.1 Å². The van der Waals surface area contributed by atoms with Crippen molar-refractivity contribution < 1.29 is 18.0 Å². The zero-order valence-corrected chi connectivity index (χ0v) is 24.1. The van der Waals surface area contributed by atoms with E-state index in [1.807, 2.05) is 13.8 Å². The molecule has 0 radical (unpaired) electrons. The molecule has 1 atom stereocenters. The zero-order chi connectivity index (χ0) is 27.2. The van der Waals surface area contributed by atoms with Gasteiger partial charge in [0.2, 0.25) is 21.8 Å². The van der Waals surface area contributed by atoms with Gasteiger partial charge in [-0.25, -0.2) is 8.42 Å². The number of halogens is 3. The Kier molecular flexibility index (Phi) is 10.9. The second-order valence-corrected chi connectivity index (χ2v) is 12.2. The normalized spacial score (nSPS) is 12.4. The first-order valence-corrected chi connectivity index (χ1v) is 14.5. The second-order valence-electron chi connectivity index (χ2n) is 9.03. The highest BCUT2D eigenvalue weighted by Crippen LogP contribution is 2.28. The van der Waals surface area contributed by atoms with Crippen LogP contribution in [0.4, 0.5) is 5.69 Å². The molecule has 0 spiro atoms. The quantitative estimate of drug-likeness (QED) is 0.393. The van der Waals surface area contributed by atoms with E-state index in [4.69, 9.17) is 34.8 Å². The molecule has 198 valence electrons. The lowest BCUT2D eigenvalue weighted by Gasteiger charge is -2.33. The van der Waals surface area contributed by atoms with Gasteiger partial charge in [0.1, 0.15) is 12.6 Å². The summed E-state index contributed by atoms with van der Waals surface area (Å²) in [5, 5.41) is 3.89. The Labute approximate surface area is 228 Å². The van der Waals surface area contributed by atoms with Gasteiger partial charge < -0.3 is 10.2 Å². The van der Waals surface area contributed by atoms with E-state index in [1.54, 1.807) is 44.2 Å². The van der Waals surface area contributed by atoms with Crippen molar-refractivity contribution in [2.45, 2.75) is 46.7 Å². The van der Waals surface area contributed by atoms with Gasteiger partial charge in [-0.1, -0.05) is 67.7 Å². The lowest BCUT2D eigenvalue weighted by Crippen LogP contribution is -2.52. The third-order valence-corrected chi connectivity index (χ3v) is 7.63. The minimum Gasteiger partial charge on any atom is -0.354 e. The third-order valence-electron chi connectivity index (χ3n) is 5.53. The Bertz CT molecular complexity index is 1210. The van der Waals surface area contributed by atoms with Gasteiger partial charge in [-0.15, -0.1) is 0 Å². The molecule has 0 aliphatic heterocycles. The summed E-state index contributed by atoms with van der Waals surface area (Å²) >= 11 is 18.4. The van der Waals surface area contributed by atoms with Gasteiger partial charge in [-0.3, -0.25) is 13.9 Å². The highest BCUT2D eigenvalue weighted by atomic mass is 35.5. The number of nitrogens with zero attached hydrogens (tertiary/aromatic N) is 2. The Morgan fingerprint density at radius 2 is 1.69 bits per heavy atom. The molecular formula is C25H32Cl3N3O4S. The average molecular weight is 577 g/mol. The molecule has 2 rings (SSSR count). The van der Waals surface area contributed by atoms with Crippen LogP contribution in [0.1, 0.15) is 38.3 Å². The number of hydrogen-bond acceptors (Lipinski definition) is 4. The number of benzene rings is 2. The van der Waals surface area contributed by atoms with Crippen LogP contribution >= 0.6 is 34.8 Å². The van der Waals surface area contributed by atoms with E-state index in [0.717, 1.165) is 10.6 Å². The first-order chi connectivity index (χ1) is 16.7. The fourth-order valence-electron chi connectivity index (χ4n) is 3.62. The Balaban J connectivity index is 2.49. The summed E-state index contributed by atoms with van der Waals surface area (Å²) in [5.74, 6) is -0.640. The number of amides is 2. The van der Waals surface area contributed by atoms with E-state index in [1.165, 1.54) is 11.0 Å². The first-order valence-electron chi connectivity index (χ1n) is 11.5. The van der Waals surface area contributed by atoms with E-state index >= 15 is 0 Å². The standard InChI is InChI=1S/C25H32Cl3N3O4S/c1-6-22(25(33)29-13-16(2)3)30(14-18-8-10-20(27)21(28)11-18)24(32)15-31(36(5,34)35)23-12-19(26)9-7-17(23)4/h7-12,16,22H,6,13-15H2,1-5H3,(H,29,33)/t22-/m1/s1. The van der Waals surface area contributed by atoms with E-state index < -0.39 is 28.5 Å². The molecule has 0 aliphatic carbocycles. The van der Waals surface area contributed by atoms with E-state index in [0.29, 0.717) is 44.8 Å². The van der Waals surface area contributed by atoms with Gasteiger partial charge in [-0.2, -0.15) is 0 Å². The van der Waals surface area contributed by atoms with E-state index in [2.05, 4.69) is 5.32 Å². The molecule has 7 nitrogen and oxygen atoms in total. The molecule has 1 N–H and O–H groups in total. The minimum absolute atomic E-state index is 0.0372. The van der Waals surface area contributed by atoms with Crippen LogP contribution in [0.2, 0.25) is 15.1 Å². The molecule has 11 heteroatoms. The van der Waals surface area contributed by atoms with Crippen LogP contribution < -0.4 is 9.62 Å². The number of hydrogen-bond donors (Lipinski definition) is 1. The molecule has 2 amide bonds. The van der Waals surface area contributed by atoms with Gasteiger partial charge in [-0.05, 0) is 54.7 Å². The molecule has 0 saturated carbocycles. The molecule has 36 heavy (non-hydrogen) atoms. The van der Waals surface area contributed by atoms with Crippen LogP contribution in [0.3, 0.4) is 0 Å². The zero-order valence-electron chi connectivity index (χ0n) is 21.0. The smallest absolute Gasteiger partial charge is 0.244 e. The van der Waals surface area contributed by atoms with Crippen molar-refractivity contribution >= 4 is 62.3 Å². The van der Waals surface area contributed by atoms with Crippen LogP contribution in [0.5, 0.6) is 0 Å². The van der Waals surface area contributed by atoms with Crippen molar-refractivity contribution in [2.24, 2.45) is 5.92 Å². The van der Waals surface area contributed by atoms with Crippen molar-refractivity contribution in [1.82, 2.24) is 10.2 Å². The maximum absolute atomic E-state index is 13.7. The largest absolute Gasteiger partial charge is 0.354 e. The van der Waals surface area contributed by atoms with Gasteiger partial charge >= 0.3 is 0 Å². The SMILES string of the molecule is CC[C@H](C(=O)NCC(C)C)N(Cc1ccc(Cl)c(Cl)c1)C(=O)CN(c1cc(Cl)ccc1C)S(C)(=O)=O. The predicted molar refractivity (Wildman–Crippen MR) is 147 cm³/mol. The average Bonchev–Trinajstić information content (AvgIpc) is 2.79. The third kappa shape index (κ3) is 8.26. The summed E-state index contributed by atoms with van der Waals surface area (Å²) in [7, 11) is -3.86. The minimum atomic E-state index is -3.86. The molecule has 0 aromatic heterocycles. The molecule has 0 bridgehead atoms. The highest BCUT2D eigenvalue weighted by molar-refractivity contribution is 7.92. The number of rotatable bonds is 11. The molecule has 0 heterocycles. The molecule has 2 aromatic carbocycles. The van der Waals surface area contributed by atoms with Crippen LogP contribution in [-0.4, -0.2) is 50.5 Å². The fourth-order valence-corrected chi connectivity index (χ4v) is 5.01. The van der Waals surface area contributed by atoms with Crippen molar-refractivity contribution in [1.29, 1.82) is 0 Å². The fraction of sp³-hybridized carbons (Fsp3) is 0.440. The number of sulfonamides is 1. The Hall–Kier alpha value is -2.00. The molecule has 2 aromatic rings. The van der Waals surface area contributed by atoms with E-state index in [-0.39, 0.29) is 18.4 Å². The van der Waals surface area contributed by atoms with Gasteiger partial charge in [0.05, 0.1) is 22.0 Å². The molecule has 0 saturated heterocycles. The second kappa shape index (κ2) is 13.0. The van der Waals surface area contributed by atoms with Crippen molar-refractivity contribution in [3.8, 4) is 0 Å². The van der Waals surface area contributed by atoms with E-state index in [9.17, 15) is 18.0 Å². The number of aryl methyl sites for hydroxylation is 1. The summed E-state index contributed by atoms with van der Waals surface area (Å²) in [4.78, 5) is 28.2. The van der Waals surface area contributed by atoms with Crippen molar-refractivity contribution in [2.75, 3.05) is 23.7 Å². The van der Waals surface area contributed by atoms with Crippen LogP contribution in [0.25, 0.3) is 0 Å². The van der Waals surface area contributed by atoms with Crippen molar-refractivity contribution in [3.63, 3.8) is 0 Å². The van der Waals surface area contributed by atoms with Crippen LogP contribution in [0.15, 0.2) is 36.4 Å². The van der Waals surface area contributed by atoms with Gasteiger partial charge in [0.25, 0.3) is 0 Å².